The second-order valence-corrected chi connectivity index (χ2v) is 6.18. The van der Waals surface area contributed by atoms with Gasteiger partial charge in [-0.3, -0.25) is 0 Å². The van der Waals surface area contributed by atoms with E-state index in [4.69, 9.17) is 0 Å². The van der Waals surface area contributed by atoms with E-state index >= 15 is 0 Å². The molecule has 3 aliphatic rings. The second-order valence-electron chi connectivity index (χ2n) is 6.18. The third kappa shape index (κ3) is 1.80. The second kappa shape index (κ2) is 4.66. The van der Waals surface area contributed by atoms with Gasteiger partial charge in [0, 0.05) is 13.1 Å². The summed E-state index contributed by atoms with van der Waals surface area (Å²) in [7, 11) is 0. The summed E-state index contributed by atoms with van der Waals surface area (Å²) in [5.41, 5.74) is 0. The zero-order valence-corrected chi connectivity index (χ0v) is 10.6. The molecule has 92 valence electrons. The summed E-state index contributed by atoms with van der Waals surface area (Å²) in [6, 6.07) is 2.07. The Hall–Kier alpha value is -0.0800. The van der Waals surface area contributed by atoms with Crippen molar-refractivity contribution < 1.29 is 4.48 Å². The van der Waals surface area contributed by atoms with Crippen LogP contribution >= 0.6 is 0 Å². The Kier molecular flexibility index (Phi) is 3.21. The van der Waals surface area contributed by atoms with Gasteiger partial charge in [0.1, 0.15) is 0 Å². The normalized spacial score (nSPS) is 32.2. The maximum atomic E-state index is 3.57. The van der Waals surface area contributed by atoms with E-state index in [1.807, 2.05) is 0 Å². The molecule has 0 amide bonds. The van der Waals surface area contributed by atoms with Crippen molar-refractivity contribution in [3.05, 3.63) is 0 Å². The molecule has 3 fully saturated rings. The number of quaternary nitrogens is 1. The Morgan fingerprint density at radius 2 is 1.12 bits per heavy atom. The predicted octanol–water partition coefficient (Wildman–Crippen LogP) is 2.29. The number of rotatable bonds is 2. The van der Waals surface area contributed by atoms with E-state index in [0.717, 1.165) is 12.1 Å². The molecule has 2 saturated carbocycles. The van der Waals surface area contributed by atoms with Crippen molar-refractivity contribution in [1.82, 2.24) is 5.32 Å². The molecule has 0 atom stereocenters. The summed E-state index contributed by atoms with van der Waals surface area (Å²) < 4.78 is 1.52. The minimum atomic E-state index is 1.03. The van der Waals surface area contributed by atoms with E-state index in [-0.39, 0.29) is 0 Å². The van der Waals surface area contributed by atoms with Crippen LogP contribution in [-0.4, -0.2) is 42.7 Å². The van der Waals surface area contributed by atoms with Crippen molar-refractivity contribution in [2.75, 3.05) is 26.2 Å². The van der Waals surface area contributed by atoms with Crippen molar-refractivity contribution in [2.45, 2.75) is 63.5 Å². The Morgan fingerprint density at radius 1 is 0.688 bits per heavy atom. The van der Waals surface area contributed by atoms with Crippen LogP contribution in [0, 0.1) is 0 Å². The summed E-state index contributed by atoms with van der Waals surface area (Å²) in [6.07, 6.45) is 12.1. The lowest BCUT2D eigenvalue weighted by Crippen LogP contribution is -2.66. The molecule has 2 heteroatoms. The van der Waals surface area contributed by atoms with Gasteiger partial charge in [0.2, 0.25) is 0 Å². The molecule has 1 N–H and O–H groups in total. The number of nitrogens with one attached hydrogen (secondary N) is 1. The maximum Gasteiger partial charge on any atom is 0.0918 e. The SMILES string of the molecule is C1CCC([N+]2(C3CCCC3)CCNCC2)C1. The standard InChI is InChI=1S/C14H27N2/c1-2-6-13(5-1)16(11-9-15-10-12-16)14-7-3-4-8-14/h13-15H,1-12H2/q+1. The summed E-state index contributed by atoms with van der Waals surface area (Å²) in [5, 5.41) is 3.57. The molecule has 0 aromatic carbocycles. The third-order valence-electron chi connectivity index (χ3n) is 5.51. The molecule has 0 aromatic heterocycles. The van der Waals surface area contributed by atoms with E-state index < -0.39 is 0 Å². The van der Waals surface area contributed by atoms with Gasteiger partial charge in [-0.2, -0.15) is 0 Å². The van der Waals surface area contributed by atoms with Gasteiger partial charge in [0.15, 0.2) is 0 Å². The van der Waals surface area contributed by atoms with Gasteiger partial charge < -0.3 is 9.80 Å². The van der Waals surface area contributed by atoms with Gasteiger partial charge in [0.05, 0.1) is 25.2 Å². The average Bonchev–Trinajstić information content (AvgIpc) is 3.04. The molecule has 0 bridgehead atoms. The highest BCUT2D eigenvalue weighted by Gasteiger charge is 2.46. The first-order valence-electron chi connectivity index (χ1n) is 7.49. The summed E-state index contributed by atoms with van der Waals surface area (Å²) >= 11 is 0. The summed E-state index contributed by atoms with van der Waals surface area (Å²) in [4.78, 5) is 0. The fraction of sp³-hybridized carbons (Fsp3) is 1.00. The number of nitrogens with zero attached hydrogens (tertiary/aromatic N) is 1. The number of piperazine rings is 1. The van der Waals surface area contributed by atoms with Gasteiger partial charge in [-0.05, 0) is 51.4 Å². The first kappa shape index (κ1) is 11.0. The molecule has 2 nitrogen and oxygen atoms in total. The maximum absolute atomic E-state index is 3.57. The van der Waals surface area contributed by atoms with Crippen LogP contribution in [0.2, 0.25) is 0 Å². The average molecular weight is 223 g/mol. The lowest BCUT2D eigenvalue weighted by Gasteiger charge is -2.50. The Labute approximate surface area is 100.0 Å². The minimum absolute atomic E-state index is 1.03. The highest BCUT2D eigenvalue weighted by Crippen LogP contribution is 2.38. The first-order chi connectivity index (χ1) is 7.92. The summed E-state index contributed by atoms with van der Waals surface area (Å²) in [5.74, 6) is 0. The highest BCUT2D eigenvalue weighted by molar-refractivity contribution is 4.79. The van der Waals surface area contributed by atoms with Crippen LogP contribution < -0.4 is 5.32 Å². The molecular formula is C14H27N2+. The minimum Gasteiger partial charge on any atom is -0.317 e. The molecule has 1 aliphatic heterocycles. The van der Waals surface area contributed by atoms with Gasteiger partial charge in [-0.25, -0.2) is 0 Å². The van der Waals surface area contributed by atoms with Crippen molar-refractivity contribution in [3.63, 3.8) is 0 Å². The van der Waals surface area contributed by atoms with Gasteiger partial charge >= 0.3 is 0 Å². The molecule has 3 rings (SSSR count). The van der Waals surface area contributed by atoms with E-state index in [0.29, 0.717) is 0 Å². The van der Waals surface area contributed by atoms with E-state index in [1.54, 1.807) is 0 Å². The van der Waals surface area contributed by atoms with Gasteiger partial charge in [0.25, 0.3) is 0 Å². The third-order valence-corrected chi connectivity index (χ3v) is 5.51. The topological polar surface area (TPSA) is 12.0 Å². The molecule has 0 unspecified atom stereocenters. The summed E-state index contributed by atoms with van der Waals surface area (Å²) in [6.45, 7) is 5.39. The van der Waals surface area contributed by atoms with Crippen LogP contribution in [0.4, 0.5) is 0 Å². The lowest BCUT2D eigenvalue weighted by atomic mass is 10.0. The predicted molar refractivity (Wildman–Crippen MR) is 67.4 cm³/mol. The highest BCUT2D eigenvalue weighted by atomic mass is 15.4. The van der Waals surface area contributed by atoms with Crippen LogP contribution in [0.3, 0.4) is 0 Å². The molecule has 0 aromatic rings. The number of hydrogen-bond acceptors (Lipinski definition) is 1. The van der Waals surface area contributed by atoms with Crippen molar-refractivity contribution in [1.29, 1.82) is 0 Å². The molecule has 0 radical (unpaired) electrons. The van der Waals surface area contributed by atoms with Crippen LogP contribution in [0.15, 0.2) is 0 Å². The van der Waals surface area contributed by atoms with Crippen molar-refractivity contribution in [2.24, 2.45) is 0 Å². The van der Waals surface area contributed by atoms with E-state index in [1.165, 1.54) is 82.0 Å². The monoisotopic (exact) mass is 223 g/mol. The lowest BCUT2D eigenvalue weighted by molar-refractivity contribution is -0.973. The first-order valence-corrected chi connectivity index (χ1v) is 7.49. The number of hydrogen-bond donors (Lipinski definition) is 1. The van der Waals surface area contributed by atoms with Crippen molar-refractivity contribution in [3.8, 4) is 0 Å². The molecule has 16 heavy (non-hydrogen) atoms. The molecule has 0 spiro atoms. The van der Waals surface area contributed by atoms with Crippen LogP contribution in [-0.2, 0) is 0 Å². The zero-order chi connectivity index (χ0) is 10.8. The van der Waals surface area contributed by atoms with E-state index in [2.05, 4.69) is 5.32 Å². The van der Waals surface area contributed by atoms with Crippen molar-refractivity contribution >= 4 is 0 Å². The Balaban J connectivity index is 1.79. The van der Waals surface area contributed by atoms with Crippen LogP contribution in [0.25, 0.3) is 0 Å². The van der Waals surface area contributed by atoms with E-state index in [9.17, 15) is 0 Å². The zero-order valence-electron chi connectivity index (χ0n) is 10.6. The van der Waals surface area contributed by atoms with Gasteiger partial charge in [-0.1, -0.05) is 0 Å². The molecule has 1 saturated heterocycles. The quantitative estimate of drug-likeness (QED) is 0.708. The molecule has 1 heterocycles. The Bertz CT molecular complexity index is 203. The molecular weight excluding hydrogens is 196 g/mol. The largest absolute Gasteiger partial charge is 0.317 e. The Morgan fingerprint density at radius 3 is 1.56 bits per heavy atom. The van der Waals surface area contributed by atoms with Gasteiger partial charge in [-0.15, -0.1) is 0 Å². The molecule has 2 aliphatic carbocycles. The smallest absolute Gasteiger partial charge is 0.0918 e. The van der Waals surface area contributed by atoms with Crippen LogP contribution in [0.5, 0.6) is 0 Å². The fourth-order valence-corrected chi connectivity index (χ4v) is 4.68. The van der Waals surface area contributed by atoms with Crippen LogP contribution in [0.1, 0.15) is 51.4 Å². The fourth-order valence-electron chi connectivity index (χ4n) is 4.68.